The molecule has 17 heavy (non-hydrogen) atoms. The molecule has 0 amide bonds. The molecule has 0 radical (unpaired) electrons. The Morgan fingerprint density at radius 3 is 2.76 bits per heavy atom. The Balaban J connectivity index is 2.15. The summed E-state index contributed by atoms with van der Waals surface area (Å²) in [7, 11) is 0. The Labute approximate surface area is 103 Å². The molecule has 1 aliphatic heterocycles. The molecular formula is C16H18O. The average molecular weight is 226 g/mol. The molecule has 1 fully saturated rings. The van der Waals surface area contributed by atoms with Gasteiger partial charge in [-0.3, -0.25) is 0 Å². The maximum absolute atomic E-state index is 5.73. The first-order chi connectivity index (χ1) is 8.19. The quantitative estimate of drug-likeness (QED) is 0.564. The van der Waals surface area contributed by atoms with Crippen molar-refractivity contribution in [2.45, 2.75) is 38.4 Å². The van der Waals surface area contributed by atoms with Crippen LogP contribution < -0.4 is 0 Å². The van der Waals surface area contributed by atoms with E-state index in [4.69, 9.17) is 11.2 Å². The van der Waals surface area contributed by atoms with Crippen LogP contribution in [0, 0.1) is 12.3 Å². The lowest BCUT2D eigenvalue weighted by Crippen LogP contribution is -2.07. The highest BCUT2D eigenvalue weighted by Gasteiger charge is 2.49. The minimum Gasteiger partial charge on any atom is -0.362 e. The molecule has 1 nitrogen and oxygen atoms in total. The van der Waals surface area contributed by atoms with Crippen molar-refractivity contribution in [2.24, 2.45) is 0 Å². The number of benzene rings is 1. The molecule has 0 aromatic heterocycles. The van der Waals surface area contributed by atoms with Gasteiger partial charge in [0.25, 0.3) is 0 Å². The van der Waals surface area contributed by atoms with Crippen LogP contribution in [0.2, 0.25) is 0 Å². The summed E-state index contributed by atoms with van der Waals surface area (Å²) in [4.78, 5) is 0. The summed E-state index contributed by atoms with van der Waals surface area (Å²) in [6.07, 6.45) is 10.0. The highest BCUT2D eigenvalue weighted by molar-refractivity contribution is 5.78. The third-order valence-corrected chi connectivity index (χ3v) is 3.25. The molecule has 0 N–H and O–H groups in total. The van der Waals surface area contributed by atoms with E-state index >= 15 is 0 Å². The molecule has 1 saturated heterocycles. The summed E-state index contributed by atoms with van der Waals surface area (Å²) in [6, 6.07) is 10.1. The van der Waals surface area contributed by atoms with Gasteiger partial charge in [0.15, 0.2) is 0 Å². The van der Waals surface area contributed by atoms with E-state index < -0.39 is 0 Å². The number of terminal acetylenes is 1. The minimum atomic E-state index is 0.00559. The third-order valence-electron chi connectivity index (χ3n) is 3.25. The number of rotatable bonds is 4. The summed E-state index contributed by atoms with van der Waals surface area (Å²) in [5.41, 5.74) is 2.02. The van der Waals surface area contributed by atoms with Crippen LogP contribution in [0.25, 0.3) is 5.57 Å². The molecule has 1 heteroatoms. The van der Waals surface area contributed by atoms with Crippen molar-refractivity contribution >= 4 is 5.57 Å². The predicted molar refractivity (Wildman–Crippen MR) is 71.4 cm³/mol. The van der Waals surface area contributed by atoms with Crippen LogP contribution in [-0.2, 0) is 4.74 Å². The highest BCUT2D eigenvalue weighted by atomic mass is 16.6. The highest BCUT2D eigenvalue weighted by Crippen LogP contribution is 2.42. The normalized spacial score (nSPS) is 27.6. The molecule has 0 saturated carbocycles. The molecular weight excluding hydrogens is 208 g/mol. The van der Waals surface area contributed by atoms with Crippen molar-refractivity contribution in [3.05, 3.63) is 42.0 Å². The summed E-state index contributed by atoms with van der Waals surface area (Å²) in [6.45, 7) is 4.32. The first kappa shape index (κ1) is 12.0. The Hall–Kier alpha value is -1.52. The van der Waals surface area contributed by atoms with Gasteiger partial charge in [0.05, 0.1) is 5.60 Å². The second kappa shape index (κ2) is 4.77. The van der Waals surface area contributed by atoms with Crippen LogP contribution in [0.5, 0.6) is 0 Å². The van der Waals surface area contributed by atoms with Crippen molar-refractivity contribution < 1.29 is 4.74 Å². The molecule has 88 valence electrons. The van der Waals surface area contributed by atoms with E-state index in [0.717, 1.165) is 24.0 Å². The van der Waals surface area contributed by atoms with Crippen LogP contribution in [0.4, 0.5) is 0 Å². The lowest BCUT2D eigenvalue weighted by Gasteiger charge is -2.02. The van der Waals surface area contributed by atoms with Gasteiger partial charge in [0.2, 0.25) is 0 Å². The summed E-state index contributed by atoms with van der Waals surface area (Å²) in [5, 5.41) is 0. The maximum atomic E-state index is 5.73. The Morgan fingerprint density at radius 1 is 1.47 bits per heavy atom. The number of ether oxygens (including phenoxy) is 1. The Bertz CT molecular complexity index is 452. The standard InChI is InChI=1S/C16H18O/c1-4-11-16(3)15(17-16)12-13(5-2)14-9-7-6-8-10-14/h2,6-10,12,15H,4,11H2,1,3H3/b13-12+. The molecule has 2 unspecified atom stereocenters. The van der Waals surface area contributed by atoms with Gasteiger partial charge in [-0.2, -0.15) is 0 Å². The number of epoxide rings is 1. The first-order valence-corrected chi connectivity index (χ1v) is 6.11. The van der Waals surface area contributed by atoms with Crippen molar-refractivity contribution in [1.29, 1.82) is 0 Å². The zero-order chi connectivity index (χ0) is 12.3. The van der Waals surface area contributed by atoms with E-state index in [1.54, 1.807) is 0 Å². The van der Waals surface area contributed by atoms with Gasteiger partial charge in [-0.15, -0.1) is 6.42 Å². The van der Waals surface area contributed by atoms with Gasteiger partial charge < -0.3 is 4.74 Å². The van der Waals surface area contributed by atoms with Crippen LogP contribution >= 0.6 is 0 Å². The van der Waals surface area contributed by atoms with Crippen LogP contribution in [-0.4, -0.2) is 11.7 Å². The lowest BCUT2D eigenvalue weighted by molar-refractivity contribution is 0.301. The third kappa shape index (κ3) is 2.60. The van der Waals surface area contributed by atoms with Crippen LogP contribution in [0.15, 0.2) is 36.4 Å². The van der Waals surface area contributed by atoms with Gasteiger partial charge >= 0.3 is 0 Å². The van der Waals surface area contributed by atoms with Crippen molar-refractivity contribution in [2.75, 3.05) is 0 Å². The summed E-state index contributed by atoms with van der Waals surface area (Å²) >= 11 is 0. The van der Waals surface area contributed by atoms with E-state index in [-0.39, 0.29) is 11.7 Å². The summed E-state index contributed by atoms with van der Waals surface area (Å²) in [5.74, 6) is 2.75. The Kier molecular flexibility index (Phi) is 3.36. The van der Waals surface area contributed by atoms with E-state index in [1.165, 1.54) is 0 Å². The fourth-order valence-corrected chi connectivity index (χ4v) is 2.16. The number of hydrogen-bond acceptors (Lipinski definition) is 1. The molecule has 1 aromatic carbocycles. The summed E-state index contributed by atoms with van der Waals surface area (Å²) < 4.78 is 5.73. The van der Waals surface area contributed by atoms with Crippen LogP contribution in [0.1, 0.15) is 32.3 Å². The van der Waals surface area contributed by atoms with E-state index in [9.17, 15) is 0 Å². The lowest BCUT2D eigenvalue weighted by atomic mass is 9.98. The SMILES string of the molecule is C#C/C(=C\C1OC1(C)CCC)c1ccccc1. The fraction of sp³-hybridized carbons (Fsp3) is 0.375. The van der Waals surface area contributed by atoms with E-state index in [0.29, 0.717) is 0 Å². The van der Waals surface area contributed by atoms with E-state index in [2.05, 4.69) is 25.8 Å². The topological polar surface area (TPSA) is 12.5 Å². The number of allylic oxidation sites excluding steroid dienone is 1. The molecule has 1 aliphatic rings. The predicted octanol–water partition coefficient (Wildman–Crippen LogP) is 3.66. The van der Waals surface area contributed by atoms with Gasteiger partial charge in [-0.05, 0) is 25.0 Å². The fourth-order valence-electron chi connectivity index (χ4n) is 2.16. The van der Waals surface area contributed by atoms with Crippen molar-refractivity contribution in [3.63, 3.8) is 0 Å². The molecule has 0 spiro atoms. The molecule has 1 aromatic rings. The minimum absolute atomic E-state index is 0.00559. The molecule has 2 rings (SSSR count). The van der Waals surface area contributed by atoms with Crippen LogP contribution in [0.3, 0.4) is 0 Å². The molecule has 2 atom stereocenters. The molecule has 1 heterocycles. The van der Waals surface area contributed by atoms with Gasteiger partial charge in [-0.25, -0.2) is 0 Å². The Morgan fingerprint density at radius 2 is 2.18 bits per heavy atom. The van der Waals surface area contributed by atoms with E-state index in [1.807, 2.05) is 30.3 Å². The molecule has 0 bridgehead atoms. The number of hydrogen-bond donors (Lipinski definition) is 0. The maximum Gasteiger partial charge on any atom is 0.107 e. The zero-order valence-corrected chi connectivity index (χ0v) is 10.4. The second-order valence-electron chi connectivity index (χ2n) is 4.69. The largest absolute Gasteiger partial charge is 0.362 e. The first-order valence-electron chi connectivity index (χ1n) is 6.11. The smallest absolute Gasteiger partial charge is 0.107 e. The average Bonchev–Trinajstić information content (AvgIpc) is 2.98. The van der Waals surface area contributed by atoms with Gasteiger partial charge in [0.1, 0.15) is 6.10 Å². The molecule has 0 aliphatic carbocycles. The zero-order valence-electron chi connectivity index (χ0n) is 10.4. The van der Waals surface area contributed by atoms with Gasteiger partial charge in [0, 0.05) is 5.57 Å². The van der Waals surface area contributed by atoms with Crippen molar-refractivity contribution in [3.8, 4) is 12.3 Å². The van der Waals surface area contributed by atoms with Gasteiger partial charge in [-0.1, -0.05) is 49.6 Å². The van der Waals surface area contributed by atoms with Crippen molar-refractivity contribution in [1.82, 2.24) is 0 Å². The monoisotopic (exact) mass is 226 g/mol. The second-order valence-corrected chi connectivity index (χ2v) is 4.69.